The first-order chi connectivity index (χ1) is 13.5. The van der Waals surface area contributed by atoms with Crippen molar-refractivity contribution in [2.75, 3.05) is 45.4 Å². The number of aliphatic hydroxyl groups is 1. The summed E-state index contributed by atoms with van der Waals surface area (Å²) < 4.78 is 76.5. The largest absolute Gasteiger partial charge is 0.463 e. The third-order valence-electron chi connectivity index (χ3n) is 3.98. The van der Waals surface area contributed by atoms with Crippen molar-refractivity contribution < 1.29 is 55.4 Å². The first-order valence-corrected chi connectivity index (χ1v) is 10.6. The van der Waals surface area contributed by atoms with Gasteiger partial charge in [-0.3, -0.25) is 9.35 Å². The minimum atomic E-state index is -5.07. The molecule has 13 heteroatoms. The molecule has 2 N–H and O–H groups in total. The van der Waals surface area contributed by atoms with Gasteiger partial charge in [0.15, 0.2) is 5.75 Å². The van der Waals surface area contributed by atoms with Crippen LogP contribution in [0.4, 0.5) is 8.78 Å². The molecule has 0 aromatic heterocycles. The van der Waals surface area contributed by atoms with Crippen LogP contribution in [0.3, 0.4) is 0 Å². The predicted octanol–water partition coefficient (Wildman–Crippen LogP) is 0.180. The summed E-state index contributed by atoms with van der Waals surface area (Å²) in [5.41, 5.74) is 0. The maximum Gasteiger partial charge on any atom is 0.378 e. The maximum atomic E-state index is 13.5. The molecule has 0 heterocycles. The molecule has 1 aliphatic rings. The highest BCUT2D eigenvalue weighted by molar-refractivity contribution is 7.85. The van der Waals surface area contributed by atoms with E-state index in [0.717, 1.165) is 0 Å². The number of carbonyl (C=O) groups excluding carboxylic acids is 2. The van der Waals surface area contributed by atoms with Gasteiger partial charge in [0.05, 0.1) is 39.0 Å². The zero-order valence-electron chi connectivity index (χ0n) is 15.8. The highest BCUT2D eigenvalue weighted by Crippen LogP contribution is 2.29. The van der Waals surface area contributed by atoms with Crippen LogP contribution in [-0.2, 0) is 38.7 Å². The van der Waals surface area contributed by atoms with Crippen molar-refractivity contribution in [3.63, 3.8) is 0 Å². The molecule has 1 saturated carbocycles. The minimum absolute atomic E-state index is 0.0216. The van der Waals surface area contributed by atoms with Gasteiger partial charge < -0.3 is 24.1 Å². The van der Waals surface area contributed by atoms with Gasteiger partial charge in [-0.2, -0.15) is 17.2 Å². The van der Waals surface area contributed by atoms with E-state index in [0.29, 0.717) is 12.8 Å². The topological polar surface area (TPSA) is 146 Å². The van der Waals surface area contributed by atoms with Gasteiger partial charge in [0.25, 0.3) is 10.1 Å². The molecule has 1 rings (SSSR count). The molecule has 2 atom stereocenters. The van der Waals surface area contributed by atoms with Crippen LogP contribution in [0.5, 0.6) is 0 Å². The number of halogens is 2. The van der Waals surface area contributed by atoms with E-state index < -0.39 is 45.8 Å². The van der Waals surface area contributed by atoms with Crippen molar-refractivity contribution >= 4 is 22.1 Å². The number of hydrogen-bond acceptors (Lipinski definition) is 9. The fourth-order valence-corrected chi connectivity index (χ4v) is 3.27. The molecule has 0 radical (unpaired) electrons. The second kappa shape index (κ2) is 12.3. The number of alkyl halides is 2. The predicted molar refractivity (Wildman–Crippen MR) is 92.9 cm³/mol. The molecule has 0 saturated heterocycles. The SMILES string of the molecule is O=C(OCCOCCOCCO)C1CCCC(OC(=O)C(F)(F)CS(=O)(=O)O)C1. The maximum absolute atomic E-state index is 13.5. The number of hydrogen-bond donors (Lipinski definition) is 2. The summed E-state index contributed by atoms with van der Waals surface area (Å²) in [4.78, 5) is 23.6. The van der Waals surface area contributed by atoms with E-state index in [4.69, 9.17) is 23.9 Å². The van der Waals surface area contributed by atoms with Crippen LogP contribution in [-0.4, -0.2) is 87.4 Å². The summed E-state index contributed by atoms with van der Waals surface area (Å²) in [6.07, 6.45) is 0.0994. The molecule has 0 aromatic carbocycles. The van der Waals surface area contributed by atoms with Gasteiger partial charge in [0.2, 0.25) is 0 Å². The van der Waals surface area contributed by atoms with E-state index in [1.807, 2.05) is 0 Å². The summed E-state index contributed by atoms with van der Waals surface area (Å²) in [6.45, 7) is 0.762. The zero-order valence-corrected chi connectivity index (χ0v) is 16.6. The average molecular weight is 448 g/mol. The molecule has 170 valence electrons. The lowest BCUT2D eigenvalue weighted by Gasteiger charge is -2.28. The number of ether oxygens (including phenoxy) is 4. The molecule has 29 heavy (non-hydrogen) atoms. The Balaban J connectivity index is 2.34. The van der Waals surface area contributed by atoms with Gasteiger partial charge in [-0.15, -0.1) is 0 Å². The number of esters is 2. The molecular formula is C16H26F2O10S. The summed E-state index contributed by atoms with van der Waals surface area (Å²) in [7, 11) is -5.07. The van der Waals surface area contributed by atoms with E-state index >= 15 is 0 Å². The highest BCUT2D eigenvalue weighted by Gasteiger charge is 2.46. The summed E-state index contributed by atoms with van der Waals surface area (Å²) >= 11 is 0. The Morgan fingerprint density at radius 3 is 2.28 bits per heavy atom. The van der Waals surface area contributed by atoms with Crippen LogP contribution in [0.1, 0.15) is 25.7 Å². The molecule has 0 spiro atoms. The molecule has 0 aliphatic heterocycles. The first-order valence-electron chi connectivity index (χ1n) is 9.02. The van der Waals surface area contributed by atoms with Crippen molar-refractivity contribution in [3.8, 4) is 0 Å². The summed E-state index contributed by atoms with van der Waals surface area (Å²) in [5, 5.41) is 8.52. The normalized spacial score (nSPS) is 20.3. The van der Waals surface area contributed by atoms with Crippen LogP contribution in [0.15, 0.2) is 0 Å². The van der Waals surface area contributed by atoms with Crippen molar-refractivity contribution in [2.45, 2.75) is 37.7 Å². The smallest absolute Gasteiger partial charge is 0.378 e. The zero-order chi connectivity index (χ0) is 21.9. The van der Waals surface area contributed by atoms with Crippen LogP contribution in [0.2, 0.25) is 0 Å². The number of carbonyl (C=O) groups is 2. The lowest BCUT2D eigenvalue weighted by atomic mass is 9.87. The van der Waals surface area contributed by atoms with Crippen molar-refractivity contribution in [2.24, 2.45) is 5.92 Å². The van der Waals surface area contributed by atoms with E-state index in [9.17, 15) is 26.8 Å². The third-order valence-corrected chi connectivity index (χ3v) is 4.70. The fraction of sp³-hybridized carbons (Fsp3) is 0.875. The van der Waals surface area contributed by atoms with Gasteiger partial charge in [0, 0.05) is 0 Å². The van der Waals surface area contributed by atoms with Gasteiger partial charge in [0.1, 0.15) is 12.7 Å². The lowest BCUT2D eigenvalue weighted by Crippen LogP contribution is -2.41. The monoisotopic (exact) mass is 448 g/mol. The second-order valence-corrected chi connectivity index (χ2v) is 7.89. The van der Waals surface area contributed by atoms with Crippen LogP contribution in [0, 0.1) is 5.92 Å². The second-order valence-electron chi connectivity index (χ2n) is 6.44. The van der Waals surface area contributed by atoms with E-state index in [1.54, 1.807) is 0 Å². The fourth-order valence-electron chi connectivity index (χ4n) is 2.70. The van der Waals surface area contributed by atoms with E-state index in [-0.39, 0.29) is 52.5 Å². The van der Waals surface area contributed by atoms with Crippen molar-refractivity contribution in [3.05, 3.63) is 0 Å². The van der Waals surface area contributed by atoms with Gasteiger partial charge in [-0.1, -0.05) is 0 Å². The Hall–Kier alpha value is -1.41. The van der Waals surface area contributed by atoms with Gasteiger partial charge in [-0.25, -0.2) is 4.79 Å². The van der Waals surface area contributed by atoms with Crippen LogP contribution >= 0.6 is 0 Å². The van der Waals surface area contributed by atoms with Crippen molar-refractivity contribution in [1.29, 1.82) is 0 Å². The molecule has 0 bridgehead atoms. The molecular weight excluding hydrogens is 422 g/mol. The van der Waals surface area contributed by atoms with E-state index in [1.165, 1.54) is 0 Å². The Morgan fingerprint density at radius 2 is 1.66 bits per heavy atom. The molecule has 0 aromatic rings. The molecule has 0 amide bonds. The molecule has 2 unspecified atom stereocenters. The Kier molecular flexibility index (Phi) is 10.9. The highest BCUT2D eigenvalue weighted by atomic mass is 32.2. The van der Waals surface area contributed by atoms with E-state index in [2.05, 4.69) is 4.74 Å². The summed E-state index contributed by atoms with van der Waals surface area (Å²) in [6, 6.07) is 0. The minimum Gasteiger partial charge on any atom is -0.463 e. The average Bonchev–Trinajstić information content (AvgIpc) is 2.62. The summed E-state index contributed by atoms with van der Waals surface area (Å²) in [5.74, 6) is -9.74. The Labute approximate surface area is 167 Å². The lowest BCUT2D eigenvalue weighted by molar-refractivity contribution is -0.178. The molecule has 1 fully saturated rings. The standard InChI is InChI=1S/C16H26F2O10S/c17-16(18,11-29(22,23)24)15(21)28-13-3-1-2-12(10-13)14(20)27-9-8-26-7-6-25-5-4-19/h12-13,19H,1-11H2,(H,22,23,24). The third kappa shape index (κ3) is 10.8. The van der Waals surface area contributed by atoms with Gasteiger partial charge >= 0.3 is 17.9 Å². The Morgan fingerprint density at radius 1 is 1.03 bits per heavy atom. The quantitative estimate of drug-likeness (QED) is 0.227. The number of rotatable bonds is 13. The van der Waals surface area contributed by atoms with Crippen molar-refractivity contribution in [1.82, 2.24) is 0 Å². The Bertz CT molecular complexity index is 625. The van der Waals surface area contributed by atoms with Gasteiger partial charge in [-0.05, 0) is 25.7 Å². The molecule has 1 aliphatic carbocycles. The van der Waals surface area contributed by atoms with Crippen LogP contribution in [0.25, 0.3) is 0 Å². The van der Waals surface area contributed by atoms with Crippen LogP contribution < -0.4 is 0 Å². The molecule has 10 nitrogen and oxygen atoms in total. The first kappa shape index (κ1) is 25.6. The number of aliphatic hydroxyl groups excluding tert-OH is 1.